The zero-order valence-electron chi connectivity index (χ0n) is 11.0. The normalized spacial score (nSPS) is 42.8. The van der Waals surface area contributed by atoms with Crippen molar-refractivity contribution < 1.29 is 9.53 Å². The van der Waals surface area contributed by atoms with Crippen LogP contribution in [0.1, 0.15) is 53.4 Å². The summed E-state index contributed by atoms with van der Waals surface area (Å²) < 4.78 is 5.72. The van der Waals surface area contributed by atoms with E-state index in [2.05, 4.69) is 20.8 Å². The fraction of sp³-hybridized carbons (Fsp3) is 0.923. The average Bonchev–Trinajstić information content (AvgIpc) is 2.31. The Bertz CT molecular complexity index is 344. The maximum Gasteiger partial charge on any atom is 0.306 e. The summed E-state index contributed by atoms with van der Waals surface area (Å²) in [6.45, 7) is 8.42. The van der Waals surface area contributed by atoms with Crippen LogP contribution in [0.4, 0.5) is 0 Å². The number of ether oxygens (including phenoxy) is 1. The molecule has 3 aliphatic rings. The lowest BCUT2D eigenvalue weighted by molar-refractivity contribution is -0.257. The third kappa shape index (κ3) is 1.58. The summed E-state index contributed by atoms with van der Waals surface area (Å²) in [5, 5.41) is 0. The van der Waals surface area contributed by atoms with Crippen molar-refractivity contribution >= 4 is 27.6 Å². The van der Waals surface area contributed by atoms with Crippen molar-refractivity contribution in [3.63, 3.8) is 0 Å². The van der Waals surface area contributed by atoms with Crippen molar-refractivity contribution in [2.75, 3.05) is 0 Å². The Morgan fingerprint density at radius 3 is 2.59 bits per heavy atom. The molecule has 0 heterocycles. The molecular weight excluding hydrogens is 256 g/mol. The topological polar surface area (TPSA) is 26.3 Å². The van der Waals surface area contributed by atoms with Crippen LogP contribution in [0.5, 0.6) is 0 Å². The fourth-order valence-electron chi connectivity index (χ4n) is 3.72. The zero-order valence-corrected chi connectivity index (χ0v) is 12.6. The molecule has 0 aliphatic heterocycles. The first kappa shape index (κ1) is 13.5. The molecule has 3 atom stereocenters. The number of carbonyl (C=O) groups excluding carboxylic acids is 1. The van der Waals surface area contributed by atoms with Gasteiger partial charge in [0.05, 0.1) is 4.75 Å². The maximum atomic E-state index is 11.7. The molecule has 3 unspecified atom stereocenters. The highest BCUT2D eigenvalue weighted by Crippen LogP contribution is 2.70. The Kier molecular flexibility index (Phi) is 3.23. The number of halogens is 1. The predicted molar refractivity (Wildman–Crippen MR) is 72.1 cm³/mol. The molecule has 3 saturated carbocycles. The first-order valence-corrected chi connectivity index (χ1v) is 7.99. The fourth-order valence-corrected chi connectivity index (χ4v) is 5.04. The molecular formula is C13H21ClO2S. The molecule has 17 heavy (non-hydrogen) atoms. The first-order chi connectivity index (χ1) is 7.83. The van der Waals surface area contributed by atoms with Gasteiger partial charge in [0.15, 0.2) is 0 Å². The monoisotopic (exact) mass is 276 g/mol. The van der Waals surface area contributed by atoms with Crippen molar-refractivity contribution in [3.05, 3.63) is 0 Å². The molecule has 0 N–H and O–H groups in total. The van der Waals surface area contributed by atoms with E-state index in [4.69, 9.17) is 15.4 Å². The average molecular weight is 277 g/mol. The molecule has 0 aromatic rings. The summed E-state index contributed by atoms with van der Waals surface area (Å²) >= 11 is 0. The molecule has 0 radical (unpaired) electrons. The van der Waals surface area contributed by atoms with E-state index in [0.717, 1.165) is 12.8 Å². The van der Waals surface area contributed by atoms with Crippen LogP contribution in [0.25, 0.3) is 0 Å². The lowest BCUT2D eigenvalue weighted by atomic mass is 9.42. The van der Waals surface area contributed by atoms with Crippen molar-refractivity contribution in [2.45, 2.75) is 63.7 Å². The molecule has 2 bridgehead atoms. The van der Waals surface area contributed by atoms with Gasteiger partial charge in [-0.1, -0.05) is 20.8 Å². The third-order valence-electron chi connectivity index (χ3n) is 5.17. The quantitative estimate of drug-likeness (QED) is 0.724. The SMILES string of the molecule is CCC(=O)OC12CC(CCC1(C)SCl)C2(C)C. The standard InChI is InChI=1S/C13H21ClO2S/c1-5-10(15)16-13-8-9(11(13,2)3)6-7-12(13,4)17-14/h9H,5-8H2,1-4H3. The smallest absolute Gasteiger partial charge is 0.306 e. The highest BCUT2D eigenvalue weighted by molar-refractivity contribution is 8.22. The van der Waals surface area contributed by atoms with Crippen LogP contribution in [-0.2, 0) is 9.53 Å². The van der Waals surface area contributed by atoms with Gasteiger partial charge in [-0.3, -0.25) is 4.79 Å². The van der Waals surface area contributed by atoms with Gasteiger partial charge in [0.2, 0.25) is 0 Å². The van der Waals surface area contributed by atoms with Gasteiger partial charge in [-0.2, -0.15) is 0 Å². The Balaban J connectivity index is 2.34. The van der Waals surface area contributed by atoms with Gasteiger partial charge in [-0.05, 0) is 53.8 Å². The summed E-state index contributed by atoms with van der Waals surface area (Å²) in [4.78, 5) is 11.7. The Morgan fingerprint density at radius 1 is 1.47 bits per heavy atom. The molecule has 2 nitrogen and oxygen atoms in total. The van der Waals surface area contributed by atoms with Gasteiger partial charge in [0.25, 0.3) is 0 Å². The van der Waals surface area contributed by atoms with Crippen LogP contribution in [-0.4, -0.2) is 16.3 Å². The van der Waals surface area contributed by atoms with Gasteiger partial charge in [0, 0.05) is 11.8 Å². The Labute approximate surface area is 112 Å². The van der Waals surface area contributed by atoms with E-state index >= 15 is 0 Å². The van der Waals surface area contributed by atoms with Gasteiger partial charge in [0.1, 0.15) is 5.60 Å². The molecule has 3 rings (SSSR count). The molecule has 98 valence electrons. The lowest BCUT2D eigenvalue weighted by Gasteiger charge is -2.70. The van der Waals surface area contributed by atoms with Gasteiger partial charge in [-0.25, -0.2) is 0 Å². The second-order valence-corrected chi connectivity index (χ2v) is 7.64. The molecule has 0 amide bonds. The minimum Gasteiger partial charge on any atom is -0.457 e. The minimum atomic E-state index is -0.373. The summed E-state index contributed by atoms with van der Waals surface area (Å²) in [6, 6.07) is 0. The van der Waals surface area contributed by atoms with Crippen LogP contribution in [0, 0.1) is 11.3 Å². The Hall–Kier alpha value is 0.110. The minimum absolute atomic E-state index is 0.0483. The molecule has 3 fully saturated rings. The highest BCUT2D eigenvalue weighted by Gasteiger charge is 2.73. The van der Waals surface area contributed by atoms with E-state index in [0.29, 0.717) is 12.3 Å². The molecule has 3 aliphatic carbocycles. The number of fused-ring (bicyclic) bond motifs is 2. The number of rotatable bonds is 3. The summed E-state index contributed by atoms with van der Waals surface area (Å²) in [5.74, 6) is 0.569. The largest absolute Gasteiger partial charge is 0.457 e. The van der Waals surface area contributed by atoms with Gasteiger partial charge in [-0.15, -0.1) is 0 Å². The molecule has 0 spiro atoms. The van der Waals surface area contributed by atoms with Gasteiger partial charge >= 0.3 is 5.97 Å². The first-order valence-electron chi connectivity index (χ1n) is 6.34. The van der Waals surface area contributed by atoms with Crippen LogP contribution < -0.4 is 0 Å². The summed E-state index contributed by atoms with van der Waals surface area (Å²) in [6.07, 6.45) is 3.63. The number of carbonyl (C=O) groups is 1. The second kappa shape index (κ2) is 4.06. The van der Waals surface area contributed by atoms with Crippen LogP contribution in [0.15, 0.2) is 0 Å². The van der Waals surface area contributed by atoms with Crippen molar-refractivity contribution in [1.29, 1.82) is 0 Å². The van der Waals surface area contributed by atoms with E-state index < -0.39 is 0 Å². The zero-order chi connectivity index (χ0) is 12.9. The summed E-state index contributed by atoms with van der Waals surface area (Å²) in [5.41, 5.74) is -0.324. The molecule has 0 aromatic carbocycles. The van der Waals surface area contributed by atoms with E-state index in [1.54, 1.807) is 0 Å². The summed E-state index contributed by atoms with van der Waals surface area (Å²) in [7, 11) is 7.45. The van der Waals surface area contributed by atoms with E-state index in [1.165, 1.54) is 17.4 Å². The Morgan fingerprint density at radius 2 is 2.12 bits per heavy atom. The van der Waals surface area contributed by atoms with Crippen LogP contribution >= 0.6 is 21.7 Å². The van der Waals surface area contributed by atoms with Crippen molar-refractivity contribution in [3.8, 4) is 0 Å². The third-order valence-corrected chi connectivity index (χ3v) is 7.06. The van der Waals surface area contributed by atoms with E-state index in [-0.39, 0.29) is 21.7 Å². The number of esters is 1. The number of hydrogen-bond acceptors (Lipinski definition) is 3. The van der Waals surface area contributed by atoms with Gasteiger partial charge < -0.3 is 4.74 Å². The second-order valence-electron chi connectivity index (χ2n) is 6.12. The molecule has 4 heteroatoms. The van der Waals surface area contributed by atoms with E-state index in [9.17, 15) is 4.79 Å². The molecule has 0 aromatic heterocycles. The van der Waals surface area contributed by atoms with E-state index in [1.807, 2.05) is 6.92 Å². The lowest BCUT2D eigenvalue weighted by Crippen LogP contribution is -2.74. The van der Waals surface area contributed by atoms with Crippen LogP contribution in [0.3, 0.4) is 0 Å². The van der Waals surface area contributed by atoms with Crippen molar-refractivity contribution in [1.82, 2.24) is 0 Å². The van der Waals surface area contributed by atoms with Crippen molar-refractivity contribution in [2.24, 2.45) is 11.3 Å². The van der Waals surface area contributed by atoms with Crippen LogP contribution in [0.2, 0.25) is 0 Å². The maximum absolute atomic E-state index is 11.7. The predicted octanol–water partition coefficient (Wildman–Crippen LogP) is 4.16. The highest BCUT2D eigenvalue weighted by atomic mass is 35.7. The molecule has 0 saturated heterocycles. The number of hydrogen-bond donors (Lipinski definition) is 0.